The van der Waals surface area contributed by atoms with Gasteiger partial charge in [0.1, 0.15) is 0 Å². The second-order valence-electron chi connectivity index (χ2n) is 5.80. The van der Waals surface area contributed by atoms with E-state index in [0.29, 0.717) is 18.3 Å². The van der Waals surface area contributed by atoms with Crippen LogP contribution in [0.4, 0.5) is 5.69 Å². The number of likely N-dealkylation sites (tertiary alicyclic amines) is 1. The van der Waals surface area contributed by atoms with Gasteiger partial charge < -0.3 is 10.2 Å². The highest BCUT2D eigenvalue weighted by molar-refractivity contribution is 5.90. The highest BCUT2D eigenvalue weighted by Crippen LogP contribution is 2.29. The molecule has 21 heavy (non-hydrogen) atoms. The average molecular weight is 288 g/mol. The van der Waals surface area contributed by atoms with Crippen molar-refractivity contribution >= 4 is 17.5 Å². The molecule has 2 rings (SSSR count). The third kappa shape index (κ3) is 4.31. The minimum Gasteiger partial charge on any atom is -0.343 e. The number of hydrogen-bond acceptors (Lipinski definition) is 2. The zero-order valence-corrected chi connectivity index (χ0v) is 12.8. The first kappa shape index (κ1) is 15.5. The Balaban J connectivity index is 1.89. The molecule has 0 aromatic heterocycles. The first-order chi connectivity index (χ1) is 10.1. The molecular weight excluding hydrogens is 264 g/mol. The van der Waals surface area contributed by atoms with E-state index in [-0.39, 0.29) is 11.8 Å². The van der Waals surface area contributed by atoms with Crippen molar-refractivity contribution in [1.82, 2.24) is 4.90 Å². The van der Waals surface area contributed by atoms with Crippen LogP contribution in [0, 0.1) is 11.8 Å². The summed E-state index contributed by atoms with van der Waals surface area (Å²) in [6.45, 7) is 5.32. The van der Waals surface area contributed by atoms with Crippen molar-refractivity contribution in [1.29, 1.82) is 0 Å². The lowest BCUT2D eigenvalue weighted by atomic mass is 9.81. The molecular formula is C17H24N2O2. The molecule has 0 radical (unpaired) electrons. The molecule has 1 N–H and O–H groups in total. The summed E-state index contributed by atoms with van der Waals surface area (Å²) in [6, 6.07) is 9.55. The Morgan fingerprint density at radius 3 is 2.57 bits per heavy atom. The van der Waals surface area contributed by atoms with E-state index in [9.17, 15) is 9.59 Å². The molecule has 1 saturated heterocycles. The molecule has 0 spiro atoms. The minimum absolute atomic E-state index is 0.0703. The summed E-state index contributed by atoms with van der Waals surface area (Å²) in [5.74, 6) is 1.00. The normalized spacial score (nSPS) is 21.9. The molecule has 2 amide bonds. The van der Waals surface area contributed by atoms with Crippen LogP contribution in [0.25, 0.3) is 0 Å². The number of benzene rings is 1. The fourth-order valence-electron chi connectivity index (χ4n) is 3.07. The number of rotatable bonds is 4. The van der Waals surface area contributed by atoms with Crippen LogP contribution < -0.4 is 5.32 Å². The van der Waals surface area contributed by atoms with Gasteiger partial charge in [-0.15, -0.1) is 0 Å². The summed E-state index contributed by atoms with van der Waals surface area (Å²) < 4.78 is 0. The zero-order valence-electron chi connectivity index (χ0n) is 12.8. The highest BCUT2D eigenvalue weighted by Gasteiger charge is 2.30. The van der Waals surface area contributed by atoms with E-state index in [4.69, 9.17) is 0 Å². The van der Waals surface area contributed by atoms with Crippen LogP contribution in [-0.4, -0.2) is 29.8 Å². The van der Waals surface area contributed by atoms with Crippen LogP contribution in [0.3, 0.4) is 0 Å². The second-order valence-corrected chi connectivity index (χ2v) is 5.80. The molecule has 1 heterocycles. The molecule has 1 aliphatic heterocycles. The molecule has 1 aromatic carbocycles. The highest BCUT2D eigenvalue weighted by atomic mass is 16.2. The molecule has 1 aromatic rings. The number of carbonyl (C=O) groups is 2. The molecule has 0 bridgehead atoms. The Morgan fingerprint density at radius 1 is 1.24 bits per heavy atom. The van der Waals surface area contributed by atoms with Gasteiger partial charge in [-0.2, -0.15) is 0 Å². The van der Waals surface area contributed by atoms with Crippen molar-refractivity contribution in [3.63, 3.8) is 0 Å². The van der Waals surface area contributed by atoms with E-state index >= 15 is 0 Å². The average Bonchev–Trinajstić information content (AvgIpc) is 2.48. The Morgan fingerprint density at radius 2 is 1.95 bits per heavy atom. The first-order valence-electron chi connectivity index (χ1n) is 7.70. The standard InChI is InChI=1S/C17H24N2O2/c1-3-14-12-19(13(2)20)10-9-15(14)11-17(21)18-16-7-5-4-6-8-16/h4-8,14-15H,3,9-12H2,1-2H3,(H,18,21)/t14-,15+/m1/s1. The van der Waals surface area contributed by atoms with Crippen molar-refractivity contribution in [3.05, 3.63) is 30.3 Å². The lowest BCUT2D eigenvalue weighted by molar-refractivity contribution is -0.131. The predicted octanol–water partition coefficient (Wildman–Crippen LogP) is 2.91. The lowest BCUT2D eigenvalue weighted by Gasteiger charge is -2.37. The van der Waals surface area contributed by atoms with E-state index in [1.54, 1.807) is 6.92 Å². The molecule has 1 fully saturated rings. The molecule has 0 aliphatic carbocycles. The van der Waals surface area contributed by atoms with Gasteiger partial charge in [0.2, 0.25) is 11.8 Å². The fraction of sp³-hybridized carbons (Fsp3) is 0.529. The van der Waals surface area contributed by atoms with Crippen molar-refractivity contribution < 1.29 is 9.59 Å². The maximum absolute atomic E-state index is 12.2. The minimum atomic E-state index is 0.0703. The molecule has 0 saturated carbocycles. The number of amides is 2. The number of piperidine rings is 1. The lowest BCUT2D eigenvalue weighted by Crippen LogP contribution is -2.43. The molecule has 4 heteroatoms. The third-order valence-corrected chi connectivity index (χ3v) is 4.37. The molecule has 114 valence electrons. The predicted molar refractivity (Wildman–Crippen MR) is 83.8 cm³/mol. The summed E-state index contributed by atoms with van der Waals surface area (Å²) >= 11 is 0. The van der Waals surface area contributed by atoms with Gasteiger partial charge in [0.25, 0.3) is 0 Å². The van der Waals surface area contributed by atoms with Crippen LogP contribution in [0.5, 0.6) is 0 Å². The Kier molecular flexibility index (Phi) is 5.37. The van der Waals surface area contributed by atoms with Gasteiger partial charge in [0.15, 0.2) is 0 Å². The van der Waals surface area contributed by atoms with Crippen LogP contribution in [0.15, 0.2) is 30.3 Å². The third-order valence-electron chi connectivity index (χ3n) is 4.37. The van der Waals surface area contributed by atoms with E-state index in [2.05, 4.69) is 12.2 Å². The number of hydrogen-bond donors (Lipinski definition) is 1. The van der Waals surface area contributed by atoms with Crippen molar-refractivity contribution in [2.45, 2.75) is 33.1 Å². The summed E-state index contributed by atoms with van der Waals surface area (Å²) in [5, 5.41) is 2.95. The van der Waals surface area contributed by atoms with E-state index in [0.717, 1.165) is 31.6 Å². The quantitative estimate of drug-likeness (QED) is 0.926. The van der Waals surface area contributed by atoms with Gasteiger partial charge >= 0.3 is 0 Å². The number of carbonyl (C=O) groups excluding carboxylic acids is 2. The van der Waals surface area contributed by atoms with E-state index in [1.807, 2.05) is 35.2 Å². The largest absolute Gasteiger partial charge is 0.343 e. The Bertz CT molecular complexity index is 487. The number of para-hydroxylation sites is 1. The monoisotopic (exact) mass is 288 g/mol. The summed E-state index contributed by atoms with van der Waals surface area (Å²) in [4.78, 5) is 25.5. The Labute approximate surface area is 126 Å². The number of nitrogens with one attached hydrogen (secondary N) is 1. The molecule has 1 aliphatic rings. The van der Waals surface area contributed by atoms with Crippen molar-refractivity contribution in [2.75, 3.05) is 18.4 Å². The number of anilines is 1. The maximum Gasteiger partial charge on any atom is 0.224 e. The summed E-state index contributed by atoms with van der Waals surface area (Å²) in [6.07, 6.45) is 2.46. The van der Waals surface area contributed by atoms with Gasteiger partial charge in [-0.1, -0.05) is 31.5 Å². The van der Waals surface area contributed by atoms with Crippen molar-refractivity contribution in [2.24, 2.45) is 11.8 Å². The van der Waals surface area contributed by atoms with Gasteiger partial charge in [0, 0.05) is 32.1 Å². The van der Waals surface area contributed by atoms with Gasteiger partial charge in [-0.3, -0.25) is 9.59 Å². The van der Waals surface area contributed by atoms with E-state index in [1.165, 1.54) is 0 Å². The SMILES string of the molecule is CC[C@@H]1CN(C(C)=O)CC[C@H]1CC(=O)Nc1ccccc1. The van der Waals surface area contributed by atoms with Crippen LogP contribution >= 0.6 is 0 Å². The van der Waals surface area contributed by atoms with E-state index < -0.39 is 0 Å². The van der Waals surface area contributed by atoms with Crippen LogP contribution in [-0.2, 0) is 9.59 Å². The number of nitrogens with zero attached hydrogens (tertiary/aromatic N) is 1. The first-order valence-corrected chi connectivity index (χ1v) is 7.70. The van der Waals surface area contributed by atoms with Crippen LogP contribution in [0.2, 0.25) is 0 Å². The molecule has 2 atom stereocenters. The topological polar surface area (TPSA) is 49.4 Å². The van der Waals surface area contributed by atoms with Gasteiger partial charge in [-0.25, -0.2) is 0 Å². The van der Waals surface area contributed by atoms with Gasteiger partial charge in [0.05, 0.1) is 0 Å². The second kappa shape index (κ2) is 7.25. The summed E-state index contributed by atoms with van der Waals surface area (Å²) in [7, 11) is 0. The Hall–Kier alpha value is -1.84. The van der Waals surface area contributed by atoms with Crippen LogP contribution in [0.1, 0.15) is 33.1 Å². The fourth-order valence-corrected chi connectivity index (χ4v) is 3.07. The summed E-state index contributed by atoms with van der Waals surface area (Å²) in [5.41, 5.74) is 0.844. The van der Waals surface area contributed by atoms with Crippen molar-refractivity contribution in [3.8, 4) is 0 Å². The maximum atomic E-state index is 12.2. The zero-order chi connectivity index (χ0) is 15.2. The smallest absolute Gasteiger partial charge is 0.224 e. The molecule has 0 unspecified atom stereocenters. The molecule has 4 nitrogen and oxygen atoms in total. The van der Waals surface area contributed by atoms with Gasteiger partial charge in [-0.05, 0) is 30.4 Å².